The molecule has 0 spiro atoms. The number of aromatic amines is 1. The first-order valence-electron chi connectivity index (χ1n) is 9.27. The molecule has 1 atom stereocenters. The molecule has 0 aliphatic rings. The number of nitrogens with zero attached hydrogens (tertiary/aromatic N) is 1. The lowest BCUT2D eigenvalue weighted by Gasteiger charge is -2.17. The zero-order valence-corrected chi connectivity index (χ0v) is 17.7. The number of H-pyrrole nitrogens is 1. The minimum atomic E-state index is -0.146. The number of quaternary nitrogens is 1. The van der Waals surface area contributed by atoms with Gasteiger partial charge in [0.2, 0.25) is 0 Å². The number of likely N-dealkylation sites (N-methyl/N-ethyl adjacent to an activating group) is 1. The smallest absolute Gasteiger partial charge is 0.275 e. The van der Waals surface area contributed by atoms with E-state index in [2.05, 4.69) is 15.3 Å². The Hall–Kier alpha value is -2.22. The van der Waals surface area contributed by atoms with Crippen molar-refractivity contribution in [1.29, 1.82) is 0 Å². The second-order valence-corrected chi connectivity index (χ2v) is 8.51. The summed E-state index contributed by atoms with van der Waals surface area (Å²) in [6.07, 6.45) is 0. The average Bonchev–Trinajstić information content (AvgIpc) is 3.05. The van der Waals surface area contributed by atoms with Crippen LogP contribution < -0.4 is 15.8 Å². The van der Waals surface area contributed by atoms with Gasteiger partial charge >= 0.3 is 0 Å². The Balaban J connectivity index is 1.83. The molecule has 0 aliphatic carbocycles. The van der Waals surface area contributed by atoms with Crippen molar-refractivity contribution in [3.63, 3.8) is 0 Å². The number of nitrogens with one attached hydrogen (secondary N) is 3. The molecule has 6 nitrogen and oxygen atoms in total. The maximum atomic E-state index is 12.5. The van der Waals surface area contributed by atoms with Gasteiger partial charge in [-0.05, 0) is 44.5 Å². The number of carbonyl (C=O) groups is 1. The lowest BCUT2D eigenvalue weighted by Crippen LogP contribution is -3.11. The van der Waals surface area contributed by atoms with E-state index in [9.17, 15) is 9.59 Å². The molecule has 1 amide bonds. The van der Waals surface area contributed by atoms with Crippen LogP contribution in [0.1, 0.15) is 26.6 Å². The zero-order chi connectivity index (χ0) is 20.3. The van der Waals surface area contributed by atoms with Gasteiger partial charge in [0.05, 0.1) is 12.1 Å². The third-order valence-corrected chi connectivity index (χ3v) is 5.76. The first kappa shape index (κ1) is 20.5. The van der Waals surface area contributed by atoms with E-state index in [1.807, 2.05) is 51.1 Å². The Morgan fingerprint density at radius 2 is 2.04 bits per heavy atom. The van der Waals surface area contributed by atoms with Gasteiger partial charge in [-0.3, -0.25) is 9.59 Å². The van der Waals surface area contributed by atoms with Crippen LogP contribution in [-0.4, -0.2) is 35.0 Å². The first-order valence-corrected chi connectivity index (χ1v) is 10.5. The van der Waals surface area contributed by atoms with Crippen LogP contribution in [0.3, 0.4) is 0 Å². The van der Waals surface area contributed by atoms with Crippen LogP contribution in [0.2, 0.25) is 5.02 Å². The van der Waals surface area contributed by atoms with Gasteiger partial charge in [-0.1, -0.05) is 23.7 Å². The molecule has 0 radical (unpaired) electrons. The van der Waals surface area contributed by atoms with Crippen molar-refractivity contribution < 1.29 is 9.69 Å². The number of hydrogen-bond donors (Lipinski definition) is 3. The summed E-state index contributed by atoms with van der Waals surface area (Å²) in [6, 6.07) is 9.55. The van der Waals surface area contributed by atoms with Crippen LogP contribution in [0.5, 0.6) is 0 Å². The molecule has 2 aromatic heterocycles. The van der Waals surface area contributed by atoms with Crippen LogP contribution in [0, 0.1) is 0 Å². The molecule has 3 aromatic rings. The standard InChI is InChI=1S/C20H23ClN4O2S/c1-4-25(11-18(26)22-12(2)3)10-17-23-15-9-16(28-19(15)20(27)24-17)13-5-7-14(21)8-6-13/h5-9,12H,4,10-11H2,1-3H3,(H,22,26)(H,23,24,27)/p+1. The minimum Gasteiger partial charge on any atom is -0.349 e. The summed E-state index contributed by atoms with van der Waals surface area (Å²) < 4.78 is 0.601. The minimum absolute atomic E-state index is 0.00386. The van der Waals surface area contributed by atoms with E-state index in [0.717, 1.165) is 21.9 Å². The maximum absolute atomic E-state index is 12.5. The third-order valence-electron chi connectivity index (χ3n) is 4.34. The largest absolute Gasteiger partial charge is 0.349 e. The van der Waals surface area contributed by atoms with E-state index in [1.165, 1.54) is 11.3 Å². The molecule has 0 bridgehead atoms. The molecule has 0 aliphatic heterocycles. The highest BCUT2D eigenvalue weighted by molar-refractivity contribution is 7.22. The lowest BCUT2D eigenvalue weighted by molar-refractivity contribution is -0.904. The van der Waals surface area contributed by atoms with E-state index in [4.69, 9.17) is 11.6 Å². The van der Waals surface area contributed by atoms with Crippen LogP contribution in [0.4, 0.5) is 0 Å². The van der Waals surface area contributed by atoms with Crippen LogP contribution in [-0.2, 0) is 11.3 Å². The SMILES string of the molecule is CC[NH+](CC(=O)NC(C)C)Cc1nc2cc(-c3ccc(Cl)cc3)sc2c(=O)[nH]1. The molecule has 0 saturated heterocycles. The van der Waals surface area contributed by atoms with Crippen molar-refractivity contribution in [2.75, 3.05) is 13.1 Å². The predicted octanol–water partition coefficient (Wildman–Crippen LogP) is 2.23. The van der Waals surface area contributed by atoms with Gasteiger partial charge < -0.3 is 15.2 Å². The molecule has 8 heteroatoms. The van der Waals surface area contributed by atoms with Crippen molar-refractivity contribution in [1.82, 2.24) is 15.3 Å². The molecule has 148 valence electrons. The maximum Gasteiger partial charge on any atom is 0.275 e. The Labute approximate surface area is 172 Å². The fourth-order valence-corrected chi connectivity index (χ4v) is 4.10. The van der Waals surface area contributed by atoms with Gasteiger partial charge in [-0.2, -0.15) is 0 Å². The molecule has 1 unspecified atom stereocenters. The number of benzene rings is 1. The molecule has 2 heterocycles. The number of carbonyl (C=O) groups excluding carboxylic acids is 1. The summed E-state index contributed by atoms with van der Waals surface area (Å²) in [5, 5.41) is 3.57. The van der Waals surface area contributed by atoms with Gasteiger partial charge in [0.1, 0.15) is 11.2 Å². The number of thiophene rings is 1. The summed E-state index contributed by atoms with van der Waals surface area (Å²) in [5.41, 5.74) is 1.53. The van der Waals surface area contributed by atoms with Crippen molar-refractivity contribution in [3.8, 4) is 10.4 Å². The molecule has 28 heavy (non-hydrogen) atoms. The van der Waals surface area contributed by atoms with Gasteiger partial charge in [0.15, 0.2) is 12.4 Å². The predicted molar refractivity (Wildman–Crippen MR) is 114 cm³/mol. The molecule has 1 aromatic carbocycles. The highest BCUT2D eigenvalue weighted by atomic mass is 35.5. The van der Waals surface area contributed by atoms with E-state index in [0.29, 0.717) is 34.2 Å². The van der Waals surface area contributed by atoms with E-state index in [-0.39, 0.29) is 17.5 Å². The fourth-order valence-electron chi connectivity index (χ4n) is 2.98. The highest BCUT2D eigenvalue weighted by Crippen LogP contribution is 2.31. The van der Waals surface area contributed by atoms with Gasteiger partial charge in [-0.15, -0.1) is 11.3 Å². The lowest BCUT2D eigenvalue weighted by atomic mass is 10.2. The Morgan fingerprint density at radius 3 is 2.68 bits per heavy atom. The monoisotopic (exact) mass is 419 g/mol. The van der Waals surface area contributed by atoms with Crippen molar-refractivity contribution >= 4 is 39.1 Å². The number of halogens is 1. The van der Waals surface area contributed by atoms with Gasteiger partial charge in [0, 0.05) is 15.9 Å². The highest BCUT2D eigenvalue weighted by Gasteiger charge is 2.17. The quantitative estimate of drug-likeness (QED) is 0.549. The van der Waals surface area contributed by atoms with Gasteiger partial charge in [-0.25, -0.2) is 4.98 Å². The number of hydrogen-bond acceptors (Lipinski definition) is 4. The van der Waals surface area contributed by atoms with E-state index in [1.54, 1.807) is 0 Å². The van der Waals surface area contributed by atoms with E-state index < -0.39 is 0 Å². The molecular weight excluding hydrogens is 396 g/mol. The second kappa shape index (κ2) is 8.86. The third kappa shape index (κ3) is 4.98. The topological polar surface area (TPSA) is 79.3 Å². The van der Waals surface area contributed by atoms with Crippen molar-refractivity contribution in [3.05, 3.63) is 51.5 Å². The molecule has 3 rings (SSSR count). The summed E-state index contributed by atoms with van der Waals surface area (Å²) in [5.74, 6) is 0.586. The molecule has 3 N–H and O–H groups in total. The first-order chi connectivity index (χ1) is 13.4. The van der Waals surface area contributed by atoms with E-state index >= 15 is 0 Å². The summed E-state index contributed by atoms with van der Waals surface area (Å²) in [6.45, 7) is 7.47. The zero-order valence-electron chi connectivity index (χ0n) is 16.1. The van der Waals surface area contributed by atoms with Crippen LogP contribution >= 0.6 is 22.9 Å². The summed E-state index contributed by atoms with van der Waals surface area (Å²) in [7, 11) is 0. The van der Waals surface area contributed by atoms with Crippen LogP contribution in [0.15, 0.2) is 35.1 Å². The average molecular weight is 420 g/mol. The van der Waals surface area contributed by atoms with Crippen molar-refractivity contribution in [2.24, 2.45) is 0 Å². The van der Waals surface area contributed by atoms with Crippen molar-refractivity contribution in [2.45, 2.75) is 33.4 Å². The number of rotatable bonds is 7. The Kier molecular flexibility index (Phi) is 6.49. The number of fused-ring (bicyclic) bond motifs is 1. The summed E-state index contributed by atoms with van der Waals surface area (Å²) in [4.78, 5) is 34.1. The Morgan fingerprint density at radius 1 is 1.32 bits per heavy atom. The summed E-state index contributed by atoms with van der Waals surface area (Å²) >= 11 is 7.37. The van der Waals surface area contributed by atoms with Gasteiger partial charge in [0.25, 0.3) is 11.5 Å². The number of amides is 1. The fraction of sp³-hybridized carbons (Fsp3) is 0.350. The number of aromatic nitrogens is 2. The Bertz CT molecular complexity index is 1030. The normalized spacial score (nSPS) is 12.5. The van der Waals surface area contributed by atoms with Crippen LogP contribution in [0.25, 0.3) is 20.7 Å². The molecular formula is C20H24ClN4O2S+. The molecule has 0 fully saturated rings. The second-order valence-electron chi connectivity index (χ2n) is 7.02. The molecule has 0 saturated carbocycles.